The largest absolute Gasteiger partial charge is 0.323 e. The van der Waals surface area contributed by atoms with E-state index in [1.54, 1.807) is 0 Å². The van der Waals surface area contributed by atoms with E-state index in [-0.39, 0.29) is 11.9 Å². The lowest BCUT2D eigenvalue weighted by Crippen LogP contribution is -2.66. The summed E-state index contributed by atoms with van der Waals surface area (Å²) in [6.07, 6.45) is 5.92. The number of urea groups is 1. The lowest BCUT2D eigenvalue weighted by molar-refractivity contribution is -0.140. The van der Waals surface area contributed by atoms with Crippen molar-refractivity contribution < 1.29 is 9.59 Å². The van der Waals surface area contributed by atoms with Crippen molar-refractivity contribution in [1.29, 1.82) is 0 Å². The first-order chi connectivity index (χ1) is 7.68. The van der Waals surface area contributed by atoms with Gasteiger partial charge in [-0.2, -0.15) is 0 Å². The van der Waals surface area contributed by atoms with Crippen molar-refractivity contribution in [2.24, 2.45) is 23.7 Å². The predicted molar refractivity (Wildman–Crippen MR) is 56.5 cm³/mol. The maximum atomic E-state index is 12.1. The van der Waals surface area contributed by atoms with Crippen LogP contribution in [0, 0.1) is 23.7 Å². The Morgan fingerprint density at radius 1 is 0.938 bits per heavy atom. The molecule has 1 saturated heterocycles. The van der Waals surface area contributed by atoms with Crippen molar-refractivity contribution >= 4 is 11.9 Å². The molecule has 0 aromatic heterocycles. The molecule has 4 heteroatoms. The van der Waals surface area contributed by atoms with Crippen LogP contribution >= 0.6 is 0 Å². The number of imide groups is 1. The standard InChI is InChI=1S/C12H16N2O2/c15-10-12(14-11(16)13-10)8-2-6-1-7(4-8)5-9(12)3-6/h6-9H,1-5H2,(H2,13,14,15,16). The molecule has 0 aromatic rings. The number of carbonyl (C=O) groups is 2. The summed E-state index contributed by atoms with van der Waals surface area (Å²) in [5, 5.41) is 5.41. The van der Waals surface area contributed by atoms with E-state index in [2.05, 4.69) is 10.6 Å². The highest BCUT2D eigenvalue weighted by molar-refractivity contribution is 6.07. The van der Waals surface area contributed by atoms with E-state index in [0.717, 1.165) is 37.5 Å². The van der Waals surface area contributed by atoms with E-state index in [9.17, 15) is 9.59 Å². The maximum Gasteiger partial charge on any atom is 0.322 e. The molecule has 4 bridgehead atoms. The SMILES string of the molecule is O=C1NC(=O)C2(N1)C1CC3CC(C1)CC2C3. The van der Waals surface area contributed by atoms with Crippen molar-refractivity contribution in [1.82, 2.24) is 10.6 Å². The topological polar surface area (TPSA) is 58.2 Å². The van der Waals surface area contributed by atoms with Crippen molar-refractivity contribution in [3.8, 4) is 0 Å². The minimum Gasteiger partial charge on any atom is -0.323 e. The van der Waals surface area contributed by atoms with Crippen LogP contribution in [0.25, 0.3) is 0 Å². The Balaban J connectivity index is 1.79. The molecule has 86 valence electrons. The quantitative estimate of drug-likeness (QED) is 0.599. The zero-order valence-corrected chi connectivity index (χ0v) is 9.16. The van der Waals surface area contributed by atoms with Gasteiger partial charge in [0.15, 0.2) is 0 Å². The van der Waals surface area contributed by atoms with Crippen LogP contribution < -0.4 is 10.6 Å². The van der Waals surface area contributed by atoms with E-state index in [1.165, 1.54) is 6.42 Å². The fourth-order valence-electron chi connectivity index (χ4n) is 4.98. The van der Waals surface area contributed by atoms with Gasteiger partial charge in [-0.25, -0.2) is 4.79 Å². The molecule has 5 aliphatic rings. The molecule has 0 aromatic carbocycles. The van der Waals surface area contributed by atoms with Crippen molar-refractivity contribution in [3.63, 3.8) is 0 Å². The fourth-order valence-corrected chi connectivity index (χ4v) is 4.98. The molecule has 0 radical (unpaired) electrons. The highest BCUT2D eigenvalue weighted by Crippen LogP contribution is 2.58. The highest BCUT2D eigenvalue weighted by atomic mass is 16.2. The molecule has 5 fully saturated rings. The van der Waals surface area contributed by atoms with Gasteiger partial charge >= 0.3 is 6.03 Å². The molecule has 0 atom stereocenters. The van der Waals surface area contributed by atoms with Crippen LogP contribution in [0.1, 0.15) is 32.1 Å². The fraction of sp³-hybridized carbons (Fsp3) is 0.833. The Kier molecular flexibility index (Phi) is 1.47. The summed E-state index contributed by atoms with van der Waals surface area (Å²) in [4.78, 5) is 23.5. The van der Waals surface area contributed by atoms with Gasteiger partial charge in [0.2, 0.25) is 0 Å². The normalized spacial score (nSPS) is 53.2. The minimum absolute atomic E-state index is 0.0497. The van der Waals surface area contributed by atoms with Crippen molar-refractivity contribution in [2.75, 3.05) is 0 Å². The third kappa shape index (κ3) is 0.874. The van der Waals surface area contributed by atoms with Gasteiger partial charge < -0.3 is 5.32 Å². The summed E-state index contributed by atoms with van der Waals surface area (Å²) in [6, 6.07) is -0.280. The molecule has 4 nitrogen and oxygen atoms in total. The molecular formula is C12H16N2O2. The van der Waals surface area contributed by atoms with E-state index in [4.69, 9.17) is 0 Å². The highest BCUT2D eigenvalue weighted by Gasteiger charge is 2.64. The molecule has 1 aliphatic heterocycles. The van der Waals surface area contributed by atoms with Crippen LogP contribution in [-0.2, 0) is 4.79 Å². The van der Waals surface area contributed by atoms with Crippen molar-refractivity contribution in [2.45, 2.75) is 37.6 Å². The summed E-state index contributed by atoms with van der Waals surface area (Å²) in [6.45, 7) is 0. The van der Waals surface area contributed by atoms with Gasteiger partial charge in [0.05, 0.1) is 0 Å². The lowest BCUT2D eigenvalue weighted by atomic mass is 9.48. The molecule has 0 unspecified atom stereocenters. The summed E-state index contributed by atoms with van der Waals surface area (Å²) in [5.41, 5.74) is -0.523. The summed E-state index contributed by atoms with van der Waals surface area (Å²) >= 11 is 0. The Bertz CT molecular complexity index is 362. The molecule has 16 heavy (non-hydrogen) atoms. The van der Waals surface area contributed by atoms with Gasteiger partial charge in [-0.3, -0.25) is 10.1 Å². The molecule has 4 saturated carbocycles. The molecule has 5 rings (SSSR count). The molecule has 1 spiro atoms. The summed E-state index contributed by atoms with van der Waals surface area (Å²) in [5.74, 6) is 2.38. The maximum absolute atomic E-state index is 12.1. The Hall–Kier alpha value is -1.06. The smallest absolute Gasteiger partial charge is 0.322 e. The Morgan fingerprint density at radius 3 is 1.94 bits per heavy atom. The van der Waals surface area contributed by atoms with E-state index in [1.807, 2.05) is 0 Å². The first kappa shape index (κ1) is 9.02. The second-order valence-corrected chi connectivity index (χ2v) is 6.08. The monoisotopic (exact) mass is 220 g/mol. The number of hydrogen-bond donors (Lipinski definition) is 2. The second-order valence-electron chi connectivity index (χ2n) is 6.08. The molecule has 3 amide bonds. The number of nitrogens with one attached hydrogen (secondary N) is 2. The van der Waals surface area contributed by atoms with Crippen LogP contribution in [0.2, 0.25) is 0 Å². The van der Waals surface area contributed by atoms with Crippen LogP contribution in [0.3, 0.4) is 0 Å². The number of hydrogen-bond acceptors (Lipinski definition) is 2. The van der Waals surface area contributed by atoms with Gasteiger partial charge in [0.1, 0.15) is 5.54 Å². The first-order valence-electron chi connectivity index (χ1n) is 6.32. The second kappa shape index (κ2) is 2.60. The minimum atomic E-state index is -0.523. The van der Waals surface area contributed by atoms with E-state index in [0.29, 0.717) is 11.8 Å². The number of carbonyl (C=O) groups excluding carboxylic acids is 2. The van der Waals surface area contributed by atoms with Gasteiger partial charge in [0, 0.05) is 0 Å². The number of amides is 3. The van der Waals surface area contributed by atoms with Gasteiger partial charge in [-0.1, -0.05) is 0 Å². The average Bonchev–Trinajstić information content (AvgIpc) is 2.50. The number of rotatable bonds is 0. The predicted octanol–water partition coefficient (Wildman–Crippen LogP) is 1.02. The third-order valence-corrected chi connectivity index (χ3v) is 5.35. The van der Waals surface area contributed by atoms with E-state index < -0.39 is 5.54 Å². The summed E-state index contributed by atoms with van der Waals surface area (Å²) in [7, 11) is 0. The summed E-state index contributed by atoms with van der Waals surface area (Å²) < 4.78 is 0. The van der Waals surface area contributed by atoms with Crippen LogP contribution in [0.4, 0.5) is 4.79 Å². The molecular weight excluding hydrogens is 204 g/mol. The Labute approximate surface area is 94.2 Å². The van der Waals surface area contributed by atoms with Crippen LogP contribution in [0.5, 0.6) is 0 Å². The van der Waals surface area contributed by atoms with E-state index >= 15 is 0 Å². The van der Waals surface area contributed by atoms with Crippen LogP contribution in [-0.4, -0.2) is 17.5 Å². The first-order valence-corrected chi connectivity index (χ1v) is 6.32. The molecule has 4 aliphatic carbocycles. The Morgan fingerprint density at radius 2 is 1.50 bits per heavy atom. The zero-order chi connectivity index (χ0) is 10.9. The van der Waals surface area contributed by atoms with Crippen molar-refractivity contribution in [3.05, 3.63) is 0 Å². The molecule has 1 heterocycles. The van der Waals surface area contributed by atoms with Gasteiger partial charge in [-0.15, -0.1) is 0 Å². The van der Waals surface area contributed by atoms with Crippen LogP contribution in [0.15, 0.2) is 0 Å². The van der Waals surface area contributed by atoms with Gasteiger partial charge in [-0.05, 0) is 55.8 Å². The van der Waals surface area contributed by atoms with Gasteiger partial charge in [0.25, 0.3) is 5.91 Å². The zero-order valence-electron chi connectivity index (χ0n) is 9.16. The third-order valence-electron chi connectivity index (χ3n) is 5.35. The lowest BCUT2D eigenvalue weighted by Gasteiger charge is -2.58. The average molecular weight is 220 g/mol. The molecule has 2 N–H and O–H groups in total.